The molecule has 12 nitrogen and oxygen atoms in total. The summed E-state index contributed by atoms with van der Waals surface area (Å²) in [5, 5.41) is 2.62. The summed E-state index contributed by atoms with van der Waals surface area (Å²) in [6.45, 7) is 1.83. The number of hydrogen-bond acceptors (Lipinski definition) is 11. The highest BCUT2D eigenvalue weighted by molar-refractivity contribution is 5.97. The van der Waals surface area contributed by atoms with Crippen molar-refractivity contribution in [3.63, 3.8) is 0 Å². The number of aromatic nitrogens is 4. The van der Waals surface area contributed by atoms with E-state index in [0.29, 0.717) is 29.0 Å². The molecule has 1 unspecified atom stereocenters. The summed E-state index contributed by atoms with van der Waals surface area (Å²) < 4.78 is 4.72. The van der Waals surface area contributed by atoms with E-state index < -0.39 is 17.9 Å². The number of nitrogens with two attached hydrogens (primary N) is 2. The number of rotatable bonds is 9. The number of ether oxygens (including phenoxy) is 1. The van der Waals surface area contributed by atoms with Crippen LogP contribution in [0.4, 0.5) is 17.5 Å². The van der Waals surface area contributed by atoms with Gasteiger partial charge in [0.15, 0.2) is 17.0 Å². The Balaban J connectivity index is 1.68. The van der Waals surface area contributed by atoms with Gasteiger partial charge in [-0.25, -0.2) is 14.8 Å². The number of hydrogen-bond donors (Lipinski definition) is 3. The second kappa shape index (κ2) is 10.5. The first-order valence-corrected chi connectivity index (χ1v) is 10.4. The summed E-state index contributed by atoms with van der Waals surface area (Å²) in [7, 11) is 3.09. The van der Waals surface area contributed by atoms with Crippen LogP contribution in [0.25, 0.3) is 11.2 Å². The number of nitrogens with zero attached hydrogens (tertiary/aromatic N) is 5. The summed E-state index contributed by atoms with van der Waals surface area (Å²) in [6, 6.07) is 5.92. The second-order valence-electron chi connectivity index (χ2n) is 7.69. The van der Waals surface area contributed by atoms with E-state index in [9.17, 15) is 14.4 Å². The Hall–Kier alpha value is -4.35. The molecule has 3 rings (SSSR count). The van der Waals surface area contributed by atoms with Crippen molar-refractivity contribution >= 4 is 46.3 Å². The minimum atomic E-state index is -0.901. The van der Waals surface area contributed by atoms with E-state index >= 15 is 0 Å². The average molecular weight is 467 g/mol. The van der Waals surface area contributed by atoms with Gasteiger partial charge in [-0.05, 0) is 37.6 Å². The Morgan fingerprint density at radius 1 is 1.12 bits per heavy atom. The molecular formula is C22H26N8O4. The zero-order valence-corrected chi connectivity index (χ0v) is 19.1. The Bertz CT molecular complexity index is 1220. The maximum Gasteiger partial charge on any atom is 0.328 e. The van der Waals surface area contributed by atoms with Gasteiger partial charge in [-0.1, -0.05) is 0 Å². The molecule has 0 fully saturated rings. The lowest BCUT2D eigenvalue weighted by Crippen LogP contribution is -2.41. The molecule has 0 aliphatic rings. The molecule has 1 aromatic carbocycles. The van der Waals surface area contributed by atoms with Crippen molar-refractivity contribution in [2.24, 2.45) is 0 Å². The van der Waals surface area contributed by atoms with Gasteiger partial charge in [-0.3, -0.25) is 4.79 Å². The highest BCUT2D eigenvalue weighted by atomic mass is 16.5. The normalized spacial score (nSPS) is 11.6. The first kappa shape index (κ1) is 24.3. The number of carbonyl (C=O) groups is 3. The molecule has 1 atom stereocenters. The lowest BCUT2D eigenvalue weighted by molar-refractivity contribution is -0.143. The Morgan fingerprint density at radius 2 is 1.82 bits per heavy atom. The van der Waals surface area contributed by atoms with Gasteiger partial charge in [-0.15, -0.1) is 0 Å². The third kappa shape index (κ3) is 5.91. The number of Topliss-reactive ketones (excluding diaryl/α,β-unsaturated/α-hetero) is 1. The number of anilines is 3. The highest BCUT2D eigenvalue weighted by Gasteiger charge is 2.22. The lowest BCUT2D eigenvalue weighted by Gasteiger charge is -2.20. The molecule has 5 N–H and O–H groups in total. The van der Waals surface area contributed by atoms with Gasteiger partial charge in [-0.2, -0.15) is 9.97 Å². The maximum absolute atomic E-state index is 12.6. The first-order chi connectivity index (χ1) is 16.2. The molecule has 0 saturated carbocycles. The van der Waals surface area contributed by atoms with E-state index in [0.717, 1.165) is 5.69 Å². The van der Waals surface area contributed by atoms with Crippen molar-refractivity contribution in [3.05, 3.63) is 41.7 Å². The molecule has 0 radical (unpaired) electrons. The minimum absolute atomic E-state index is 0.0325. The third-order valence-corrected chi connectivity index (χ3v) is 5.05. The quantitative estimate of drug-likeness (QED) is 0.381. The van der Waals surface area contributed by atoms with E-state index in [4.69, 9.17) is 16.2 Å². The van der Waals surface area contributed by atoms with Crippen LogP contribution < -0.4 is 21.7 Å². The van der Waals surface area contributed by atoms with Crippen LogP contribution in [0, 0.1) is 0 Å². The van der Waals surface area contributed by atoms with Crippen molar-refractivity contribution in [1.82, 2.24) is 25.3 Å². The summed E-state index contributed by atoms with van der Waals surface area (Å²) in [6.07, 6.45) is 1.91. The predicted molar refractivity (Wildman–Crippen MR) is 126 cm³/mol. The molecule has 34 heavy (non-hydrogen) atoms. The number of nitrogen functional groups attached to an aromatic ring is 2. The summed E-state index contributed by atoms with van der Waals surface area (Å²) in [5.74, 6) is -0.932. The van der Waals surface area contributed by atoms with Gasteiger partial charge in [0.05, 0.1) is 25.5 Å². The fourth-order valence-corrected chi connectivity index (χ4v) is 3.24. The zero-order chi connectivity index (χ0) is 24.8. The second-order valence-corrected chi connectivity index (χ2v) is 7.69. The van der Waals surface area contributed by atoms with E-state index in [2.05, 4.69) is 25.3 Å². The van der Waals surface area contributed by atoms with Gasteiger partial charge >= 0.3 is 5.97 Å². The van der Waals surface area contributed by atoms with Gasteiger partial charge in [0.25, 0.3) is 5.91 Å². The zero-order valence-electron chi connectivity index (χ0n) is 19.1. The number of benzene rings is 1. The molecular weight excluding hydrogens is 440 g/mol. The topological polar surface area (TPSA) is 179 Å². The van der Waals surface area contributed by atoms with E-state index in [-0.39, 0.29) is 30.4 Å². The Morgan fingerprint density at radius 3 is 2.47 bits per heavy atom. The molecule has 0 spiro atoms. The van der Waals surface area contributed by atoms with Crippen molar-refractivity contribution in [2.45, 2.75) is 32.4 Å². The van der Waals surface area contributed by atoms with Crippen LogP contribution in [0.5, 0.6) is 0 Å². The fourth-order valence-electron chi connectivity index (χ4n) is 3.24. The van der Waals surface area contributed by atoms with E-state index in [1.165, 1.54) is 14.0 Å². The van der Waals surface area contributed by atoms with E-state index in [1.807, 2.05) is 11.9 Å². The number of amides is 1. The van der Waals surface area contributed by atoms with Crippen molar-refractivity contribution in [1.29, 1.82) is 0 Å². The minimum Gasteiger partial charge on any atom is -0.467 e. The van der Waals surface area contributed by atoms with Gasteiger partial charge in [0, 0.05) is 24.7 Å². The molecule has 3 aromatic rings. The number of ketones is 1. The van der Waals surface area contributed by atoms with Crippen molar-refractivity contribution in [2.75, 3.05) is 30.5 Å². The van der Waals surface area contributed by atoms with Crippen LogP contribution in [0.15, 0.2) is 30.5 Å². The highest BCUT2D eigenvalue weighted by Crippen LogP contribution is 2.19. The molecule has 12 heteroatoms. The molecule has 0 aliphatic carbocycles. The molecule has 2 heterocycles. The predicted octanol–water partition coefficient (Wildman–Crippen LogP) is 0.861. The molecule has 178 valence electrons. The van der Waals surface area contributed by atoms with E-state index in [1.54, 1.807) is 30.5 Å². The summed E-state index contributed by atoms with van der Waals surface area (Å²) >= 11 is 0. The van der Waals surface area contributed by atoms with Gasteiger partial charge in [0.2, 0.25) is 5.95 Å². The van der Waals surface area contributed by atoms with Crippen molar-refractivity contribution < 1.29 is 19.1 Å². The lowest BCUT2D eigenvalue weighted by atomic mass is 10.1. The monoisotopic (exact) mass is 466 g/mol. The van der Waals surface area contributed by atoms with Crippen LogP contribution in [0.2, 0.25) is 0 Å². The third-order valence-electron chi connectivity index (χ3n) is 5.05. The average Bonchev–Trinajstić information content (AvgIpc) is 2.81. The van der Waals surface area contributed by atoms with Crippen LogP contribution >= 0.6 is 0 Å². The number of nitrogens with one attached hydrogen (secondary N) is 1. The Labute approximate surface area is 195 Å². The number of carbonyl (C=O) groups excluding carboxylic acids is 3. The SMILES string of the molecule is COC(=O)C(CCC(C)=O)NC(=O)c1ccc(N(C)Cc2cnc3nc(N)nc(N)c3n2)cc1. The van der Waals surface area contributed by atoms with Crippen LogP contribution in [-0.2, 0) is 20.9 Å². The maximum atomic E-state index is 12.6. The smallest absolute Gasteiger partial charge is 0.328 e. The van der Waals surface area contributed by atoms with Crippen LogP contribution in [0.1, 0.15) is 35.8 Å². The largest absolute Gasteiger partial charge is 0.467 e. The summed E-state index contributed by atoms with van der Waals surface area (Å²) in [4.78, 5) is 54.3. The molecule has 0 aliphatic heterocycles. The van der Waals surface area contributed by atoms with Crippen LogP contribution in [0.3, 0.4) is 0 Å². The molecule has 1 amide bonds. The number of methoxy groups -OCH3 is 1. The first-order valence-electron chi connectivity index (χ1n) is 10.4. The number of esters is 1. The summed E-state index contributed by atoms with van der Waals surface area (Å²) in [5.41, 5.74) is 14.0. The van der Waals surface area contributed by atoms with Crippen LogP contribution in [-0.4, -0.2) is 57.8 Å². The fraction of sp³-hybridized carbons (Fsp3) is 0.318. The standard InChI is InChI=1S/C22H26N8O4/c1-12(31)4-9-16(21(33)34-3)27-20(32)13-5-7-15(8-6-13)30(2)11-14-10-25-19-17(26-14)18(23)28-22(24)29-19/h5-8,10,16H,4,9,11H2,1-3H3,(H,27,32)(H4,23,24,25,28,29). The Kier molecular flexibility index (Phi) is 7.51. The van der Waals surface area contributed by atoms with Gasteiger partial charge < -0.3 is 31.2 Å². The van der Waals surface area contributed by atoms with Crippen molar-refractivity contribution in [3.8, 4) is 0 Å². The molecule has 2 aromatic heterocycles. The molecule has 0 saturated heterocycles. The molecule has 0 bridgehead atoms. The van der Waals surface area contributed by atoms with Gasteiger partial charge in [0.1, 0.15) is 11.8 Å². The number of fused-ring (bicyclic) bond motifs is 1.